The van der Waals surface area contributed by atoms with Gasteiger partial charge in [0.25, 0.3) is 0 Å². The Morgan fingerprint density at radius 1 is 0.971 bits per heavy atom. The average Bonchev–Trinajstić information content (AvgIpc) is 3.45. The molecule has 0 aliphatic rings. The number of ether oxygens (including phenoxy) is 4. The molecule has 0 spiro atoms. The molecule has 0 aliphatic heterocycles. The number of fused-ring (bicyclic) bond motifs is 1. The topological polar surface area (TPSA) is 83.3 Å². The Kier molecular flexibility index (Phi) is 7.22. The lowest BCUT2D eigenvalue weighted by Gasteiger charge is -2.10. The van der Waals surface area contributed by atoms with Crippen molar-refractivity contribution in [3.8, 4) is 34.3 Å². The summed E-state index contributed by atoms with van der Waals surface area (Å²) in [5.74, 6) is 2.75. The fraction of sp³-hybridized carbons (Fsp3) is 0.280. The molecule has 1 N–H and O–H groups in total. The van der Waals surface area contributed by atoms with Crippen LogP contribution in [0.15, 0.2) is 48.0 Å². The second-order valence-corrected chi connectivity index (χ2v) is 8.37. The zero-order chi connectivity index (χ0) is 24.1. The van der Waals surface area contributed by atoms with Gasteiger partial charge in [0.2, 0.25) is 5.91 Å². The molecule has 4 rings (SSSR count). The standard InChI is InChI=1S/C25H27N3O5S/c1-30-18-6-8-21(31-2)19(13-18)20-14-28-17(15-34-25(28)27-20)12-24(29)26-10-9-16-5-7-22(32-3)23(11-16)33-4/h5-8,11,13-15H,9-10,12H2,1-4H3,(H,26,29). The van der Waals surface area contributed by atoms with E-state index in [-0.39, 0.29) is 12.3 Å². The normalized spacial score (nSPS) is 10.8. The van der Waals surface area contributed by atoms with E-state index in [1.807, 2.05) is 52.4 Å². The van der Waals surface area contributed by atoms with Gasteiger partial charge in [0.15, 0.2) is 16.5 Å². The number of methoxy groups -OCH3 is 4. The van der Waals surface area contributed by atoms with Crippen molar-refractivity contribution in [1.82, 2.24) is 14.7 Å². The van der Waals surface area contributed by atoms with E-state index in [9.17, 15) is 4.79 Å². The molecular weight excluding hydrogens is 454 g/mol. The van der Waals surface area contributed by atoms with Crippen molar-refractivity contribution in [3.05, 3.63) is 59.2 Å². The highest BCUT2D eigenvalue weighted by Crippen LogP contribution is 2.34. The maximum absolute atomic E-state index is 12.6. The van der Waals surface area contributed by atoms with Gasteiger partial charge in [0.05, 0.1) is 40.6 Å². The van der Waals surface area contributed by atoms with Crippen LogP contribution >= 0.6 is 11.3 Å². The lowest BCUT2D eigenvalue weighted by molar-refractivity contribution is -0.120. The summed E-state index contributed by atoms with van der Waals surface area (Å²) in [6.07, 6.45) is 2.88. The molecule has 0 unspecified atom stereocenters. The second-order valence-electron chi connectivity index (χ2n) is 7.54. The van der Waals surface area contributed by atoms with Crippen molar-refractivity contribution >= 4 is 22.2 Å². The van der Waals surface area contributed by atoms with Crippen LogP contribution in [0.5, 0.6) is 23.0 Å². The Labute approximate surface area is 202 Å². The summed E-state index contributed by atoms with van der Waals surface area (Å²) >= 11 is 1.50. The van der Waals surface area contributed by atoms with Crippen molar-refractivity contribution in [3.63, 3.8) is 0 Å². The van der Waals surface area contributed by atoms with E-state index >= 15 is 0 Å². The minimum Gasteiger partial charge on any atom is -0.497 e. The van der Waals surface area contributed by atoms with Gasteiger partial charge in [-0.05, 0) is 42.3 Å². The summed E-state index contributed by atoms with van der Waals surface area (Å²) in [5, 5.41) is 4.96. The number of hydrogen-bond acceptors (Lipinski definition) is 7. The first kappa shape index (κ1) is 23.4. The minimum atomic E-state index is -0.0469. The summed E-state index contributed by atoms with van der Waals surface area (Å²) < 4.78 is 23.4. The van der Waals surface area contributed by atoms with E-state index in [0.717, 1.165) is 33.2 Å². The average molecular weight is 482 g/mol. The van der Waals surface area contributed by atoms with Gasteiger partial charge in [-0.1, -0.05) is 6.07 Å². The van der Waals surface area contributed by atoms with Crippen LogP contribution in [0.2, 0.25) is 0 Å². The summed E-state index contributed by atoms with van der Waals surface area (Å²) in [4.78, 5) is 18.1. The highest BCUT2D eigenvalue weighted by atomic mass is 32.1. The van der Waals surface area contributed by atoms with Crippen molar-refractivity contribution in [2.24, 2.45) is 0 Å². The van der Waals surface area contributed by atoms with Gasteiger partial charge < -0.3 is 24.3 Å². The molecule has 8 nitrogen and oxygen atoms in total. The Balaban J connectivity index is 1.42. The summed E-state index contributed by atoms with van der Waals surface area (Å²) in [6, 6.07) is 11.4. The van der Waals surface area contributed by atoms with Gasteiger partial charge in [-0.3, -0.25) is 9.20 Å². The maximum Gasteiger partial charge on any atom is 0.225 e. The molecule has 2 aromatic carbocycles. The third kappa shape index (κ3) is 4.94. The number of carbonyl (C=O) groups excluding carboxylic acids is 1. The van der Waals surface area contributed by atoms with E-state index in [2.05, 4.69) is 5.32 Å². The molecule has 1 amide bonds. The minimum absolute atomic E-state index is 0.0469. The Morgan fingerprint density at radius 3 is 2.47 bits per heavy atom. The smallest absolute Gasteiger partial charge is 0.225 e. The molecule has 178 valence electrons. The van der Waals surface area contributed by atoms with Gasteiger partial charge >= 0.3 is 0 Å². The van der Waals surface area contributed by atoms with Gasteiger partial charge in [0.1, 0.15) is 11.5 Å². The lowest BCUT2D eigenvalue weighted by atomic mass is 10.1. The van der Waals surface area contributed by atoms with Crippen molar-refractivity contribution in [2.45, 2.75) is 12.8 Å². The predicted octanol–water partition coefficient (Wildman–Crippen LogP) is 4.00. The fourth-order valence-electron chi connectivity index (χ4n) is 3.71. The zero-order valence-electron chi connectivity index (χ0n) is 19.6. The van der Waals surface area contributed by atoms with Crippen molar-refractivity contribution in [2.75, 3.05) is 35.0 Å². The largest absolute Gasteiger partial charge is 0.497 e. The van der Waals surface area contributed by atoms with Gasteiger partial charge in [0, 0.05) is 29.4 Å². The molecule has 0 saturated heterocycles. The number of benzene rings is 2. The summed E-state index contributed by atoms with van der Waals surface area (Å²) in [6.45, 7) is 0.526. The van der Waals surface area contributed by atoms with E-state index < -0.39 is 0 Å². The monoisotopic (exact) mass is 481 g/mol. The number of rotatable bonds is 10. The molecule has 4 aromatic rings. The molecule has 2 aromatic heterocycles. The SMILES string of the molecule is COc1ccc(OC)c(-c2cn3c(CC(=O)NCCc4ccc(OC)c(OC)c4)csc3n2)c1. The molecule has 2 heterocycles. The highest BCUT2D eigenvalue weighted by molar-refractivity contribution is 7.15. The Morgan fingerprint density at radius 2 is 1.74 bits per heavy atom. The first-order chi connectivity index (χ1) is 16.6. The Bertz CT molecular complexity index is 1300. The molecule has 9 heteroatoms. The number of nitrogens with zero attached hydrogens (tertiary/aromatic N) is 2. The number of aromatic nitrogens is 2. The lowest BCUT2D eigenvalue weighted by Crippen LogP contribution is -2.27. The van der Waals surface area contributed by atoms with E-state index in [1.165, 1.54) is 11.3 Å². The van der Waals surface area contributed by atoms with E-state index in [1.54, 1.807) is 28.4 Å². The van der Waals surface area contributed by atoms with Crippen LogP contribution in [-0.2, 0) is 17.6 Å². The Hall–Kier alpha value is -3.72. The predicted molar refractivity (Wildman–Crippen MR) is 132 cm³/mol. The van der Waals surface area contributed by atoms with Crippen LogP contribution in [0.1, 0.15) is 11.3 Å². The third-order valence-electron chi connectivity index (χ3n) is 5.49. The maximum atomic E-state index is 12.6. The van der Waals surface area contributed by atoms with Crippen LogP contribution in [0.3, 0.4) is 0 Å². The number of carbonyl (C=O) groups is 1. The van der Waals surface area contributed by atoms with E-state index in [0.29, 0.717) is 30.2 Å². The number of amides is 1. The second kappa shape index (κ2) is 10.5. The molecule has 0 fully saturated rings. The summed E-state index contributed by atoms with van der Waals surface area (Å²) in [5.41, 5.74) is 3.53. The van der Waals surface area contributed by atoms with Crippen LogP contribution in [0.4, 0.5) is 0 Å². The van der Waals surface area contributed by atoms with Gasteiger partial charge in [-0.15, -0.1) is 11.3 Å². The number of hydrogen-bond donors (Lipinski definition) is 1. The third-order valence-corrected chi connectivity index (χ3v) is 6.38. The molecule has 0 radical (unpaired) electrons. The van der Waals surface area contributed by atoms with Crippen molar-refractivity contribution in [1.29, 1.82) is 0 Å². The quantitative estimate of drug-likeness (QED) is 0.369. The molecule has 0 atom stereocenters. The molecule has 0 bridgehead atoms. The number of thiazole rings is 1. The number of imidazole rings is 1. The van der Waals surface area contributed by atoms with Crippen molar-refractivity contribution < 1.29 is 23.7 Å². The van der Waals surface area contributed by atoms with Crippen LogP contribution in [0.25, 0.3) is 16.2 Å². The zero-order valence-corrected chi connectivity index (χ0v) is 20.4. The van der Waals surface area contributed by atoms with Gasteiger partial charge in [-0.2, -0.15) is 0 Å². The molecular formula is C25H27N3O5S. The van der Waals surface area contributed by atoms with Crippen LogP contribution < -0.4 is 24.3 Å². The highest BCUT2D eigenvalue weighted by Gasteiger charge is 2.16. The van der Waals surface area contributed by atoms with E-state index in [4.69, 9.17) is 23.9 Å². The van der Waals surface area contributed by atoms with Crippen LogP contribution in [-0.4, -0.2) is 50.3 Å². The first-order valence-corrected chi connectivity index (χ1v) is 11.6. The molecule has 0 aliphatic carbocycles. The van der Waals surface area contributed by atoms with Gasteiger partial charge in [-0.25, -0.2) is 4.98 Å². The van der Waals surface area contributed by atoms with Crippen LogP contribution in [0, 0.1) is 0 Å². The first-order valence-electron chi connectivity index (χ1n) is 10.7. The number of nitrogens with one attached hydrogen (secondary N) is 1. The molecule has 34 heavy (non-hydrogen) atoms. The summed E-state index contributed by atoms with van der Waals surface area (Å²) in [7, 11) is 6.47. The fourth-order valence-corrected chi connectivity index (χ4v) is 4.58. The molecule has 0 saturated carbocycles.